The van der Waals surface area contributed by atoms with E-state index in [0.717, 1.165) is 69.2 Å². The van der Waals surface area contributed by atoms with Gasteiger partial charge in [-0.05, 0) is 81.5 Å². The average Bonchev–Trinajstić information content (AvgIpc) is 3.36. The quantitative estimate of drug-likeness (QED) is 0.144. The van der Waals surface area contributed by atoms with E-state index in [9.17, 15) is 0 Å². The summed E-state index contributed by atoms with van der Waals surface area (Å²) in [7, 11) is 0. The maximum Gasteiger partial charge on any atom is 0.161 e. The zero-order valence-corrected chi connectivity index (χ0v) is 26.8. The molecule has 0 spiro atoms. The number of aromatic nitrogens is 1. The Morgan fingerprint density at radius 3 is 1.95 bits per heavy atom. The number of ether oxygens (including phenoxy) is 5. The van der Waals surface area contributed by atoms with E-state index in [-0.39, 0.29) is 0 Å². The van der Waals surface area contributed by atoms with E-state index in [1.54, 1.807) is 0 Å². The van der Waals surface area contributed by atoms with Gasteiger partial charge < -0.3 is 28.3 Å². The average molecular weight is 594 g/mol. The fourth-order valence-electron chi connectivity index (χ4n) is 6.36. The highest BCUT2D eigenvalue weighted by Crippen LogP contribution is 2.51. The van der Waals surface area contributed by atoms with E-state index < -0.39 is 0 Å². The third kappa shape index (κ3) is 5.31. The summed E-state index contributed by atoms with van der Waals surface area (Å²) >= 11 is 0. The van der Waals surface area contributed by atoms with Gasteiger partial charge in [-0.1, -0.05) is 44.2 Å². The third-order valence-corrected chi connectivity index (χ3v) is 8.06. The molecule has 4 aromatic carbocycles. The van der Waals surface area contributed by atoms with Gasteiger partial charge in [0.25, 0.3) is 0 Å². The second kappa shape index (κ2) is 12.7. The first kappa shape index (κ1) is 29.7. The molecule has 5 aromatic rings. The molecule has 230 valence electrons. The minimum atomic E-state index is 0.412. The number of benzene rings is 4. The van der Waals surface area contributed by atoms with Crippen LogP contribution in [0.3, 0.4) is 0 Å². The van der Waals surface area contributed by atoms with Crippen LogP contribution in [-0.4, -0.2) is 37.6 Å². The summed E-state index contributed by atoms with van der Waals surface area (Å²) in [5.74, 6) is 4.38. The van der Waals surface area contributed by atoms with Crippen LogP contribution >= 0.6 is 0 Å². The van der Waals surface area contributed by atoms with Crippen molar-refractivity contribution >= 4 is 21.7 Å². The van der Waals surface area contributed by atoms with E-state index in [2.05, 4.69) is 73.0 Å². The number of hydrogen-bond acceptors (Lipinski definition) is 5. The molecule has 0 atom stereocenters. The molecule has 0 radical (unpaired) electrons. The normalized spacial score (nSPS) is 12.3. The smallest absolute Gasteiger partial charge is 0.161 e. The molecule has 1 aliphatic rings. The van der Waals surface area contributed by atoms with E-state index in [4.69, 9.17) is 23.7 Å². The van der Waals surface area contributed by atoms with Gasteiger partial charge in [-0.3, -0.25) is 0 Å². The van der Waals surface area contributed by atoms with Crippen LogP contribution in [0.25, 0.3) is 44.1 Å². The maximum atomic E-state index is 6.50. The Morgan fingerprint density at radius 1 is 0.636 bits per heavy atom. The highest BCUT2D eigenvalue weighted by molar-refractivity contribution is 6.17. The number of nitrogens with zero attached hydrogens (tertiary/aromatic N) is 1. The molecule has 0 aliphatic carbocycles. The molecule has 1 aliphatic heterocycles. The monoisotopic (exact) mass is 593 g/mol. The molecule has 0 fully saturated rings. The Hall–Kier alpha value is -4.32. The highest BCUT2D eigenvalue weighted by Gasteiger charge is 2.29. The molecule has 0 saturated carbocycles. The zero-order valence-electron chi connectivity index (χ0n) is 26.8. The fourth-order valence-corrected chi connectivity index (χ4v) is 6.36. The molecule has 2 heterocycles. The van der Waals surface area contributed by atoms with Gasteiger partial charge in [0.05, 0.1) is 44.2 Å². The highest BCUT2D eigenvalue weighted by atomic mass is 16.5. The van der Waals surface area contributed by atoms with Gasteiger partial charge in [-0.25, -0.2) is 0 Å². The van der Waals surface area contributed by atoms with Crippen molar-refractivity contribution in [3.63, 3.8) is 0 Å². The first-order valence-corrected chi connectivity index (χ1v) is 16.0. The van der Waals surface area contributed by atoms with Crippen molar-refractivity contribution < 1.29 is 23.7 Å². The van der Waals surface area contributed by atoms with Crippen LogP contribution < -0.4 is 23.7 Å². The molecule has 0 unspecified atom stereocenters. The van der Waals surface area contributed by atoms with Crippen LogP contribution in [0, 0.1) is 5.92 Å². The van der Waals surface area contributed by atoms with Crippen molar-refractivity contribution in [2.24, 2.45) is 5.92 Å². The van der Waals surface area contributed by atoms with Gasteiger partial charge in [-0.15, -0.1) is 0 Å². The molecule has 0 saturated heterocycles. The molecule has 1 aromatic heterocycles. The summed E-state index contributed by atoms with van der Waals surface area (Å²) in [6.07, 6.45) is 0.894. The van der Waals surface area contributed by atoms with Crippen molar-refractivity contribution in [3.8, 4) is 51.1 Å². The van der Waals surface area contributed by atoms with Crippen LogP contribution in [0.15, 0.2) is 60.7 Å². The van der Waals surface area contributed by atoms with Crippen molar-refractivity contribution in [3.05, 3.63) is 66.2 Å². The summed E-state index contributed by atoms with van der Waals surface area (Å²) in [6, 6.07) is 21.5. The molecule has 6 nitrogen and oxygen atoms in total. The summed E-state index contributed by atoms with van der Waals surface area (Å²) in [5.41, 5.74) is 7.02. The lowest BCUT2D eigenvalue weighted by atomic mass is 9.92. The second-order valence-electron chi connectivity index (χ2n) is 11.5. The van der Waals surface area contributed by atoms with Crippen molar-refractivity contribution in [1.82, 2.24) is 4.57 Å². The molecule has 6 heteroatoms. The minimum absolute atomic E-state index is 0.412. The van der Waals surface area contributed by atoms with Gasteiger partial charge in [0.15, 0.2) is 23.0 Å². The minimum Gasteiger partial charge on any atom is -0.493 e. The largest absolute Gasteiger partial charge is 0.493 e. The Balaban J connectivity index is 1.71. The number of aryl methyl sites for hydroxylation is 2. The lowest BCUT2D eigenvalue weighted by molar-refractivity contribution is 0.274. The first-order chi connectivity index (χ1) is 21.5. The number of hydrogen-bond donors (Lipinski definition) is 0. The topological polar surface area (TPSA) is 51.1 Å². The molecular formula is C38H43NO5. The van der Waals surface area contributed by atoms with Crippen LogP contribution in [0.1, 0.15) is 47.1 Å². The molecule has 6 rings (SSSR count). The van der Waals surface area contributed by atoms with Crippen LogP contribution in [0.5, 0.6) is 28.7 Å². The fraction of sp³-hybridized carbons (Fsp3) is 0.368. The van der Waals surface area contributed by atoms with Gasteiger partial charge in [0.2, 0.25) is 0 Å². The summed E-state index contributed by atoms with van der Waals surface area (Å²) < 4.78 is 33.2. The first-order valence-electron chi connectivity index (χ1n) is 16.0. The van der Waals surface area contributed by atoms with Crippen LogP contribution in [0.4, 0.5) is 0 Å². The summed E-state index contributed by atoms with van der Waals surface area (Å²) in [6.45, 7) is 16.2. The van der Waals surface area contributed by atoms with E-state index >= 15 is 0 Å². The Morgan fingerprint density at radius 2 is 1.27 bits per heavy atom. The standard InChI is InChI=1S/C38H43NO5/c1-7-40-31-16-15-26(20-33(31)41-8-2)36-30-22-32(44-23-24(5)6)27-13-11-12-14-28(27)37(30)39-18-17-25-19-34(42-9-3)35(43-10-4)21-29(25)38(36)39/h11-16,19-22,24H,7-10,17-18,23H2,1-6H3. The molecule has 0 amide bonds. The van der Waals surface area contributed by atoms with Crippen molar-refractivity contribution in [2.45, 2.75) is 54.5 Å². The second-order valence-corrected chi connectivity index (χ2v) is 11.5. The molecule has 44 heavy (non-hydrogen) atoms. The van der Waals surface area contributed by atoms with E-state index in [1.165, 1.54) is 22.2 Å². The number of fused-ring (bicyclic) bond motifs is 7. The SMILES string of the molecule is CCOc1ccc(-c2c3n(c4c2cc(OCC(C)C)c2ccccc24)CCc2cc(OCC)c(OCC)cc2-3)cc1OCC. The van der Waals surface area contributed by atoms with Gasteiger partial charge in [-0.2, -0.15) is 0 Å². The predicted octanol–water partition coefficient (Wildman–Crippen LogP) is 9.31. The van der Waals surface area contributed by atoms with Gasteiger partial charge in [0.1, 0.15) is 5.75 Å². The Labute approximate surface area is 260 Å². The number of rotatable bonds is 12. The van der Waals surface area contributed by atoms with Crippen LogP contribution in [0.2, 0.25) is 0 Å². The van der Waals surface area contributed by atoms with Crippen LogP contribution in [-0.2, 0) is 13.0 Å². The Bertz CT molecular complexity index is 1800. The predicted molar refractivity (Wildman–Crippen MR) is 179 cm³/mol. The van der Waals surface area contributed by atoms with Crippen molar-refractivity contribution in [2.75, 3.05) is 33.0 Å². The zero-order chi connectivity index (χ0) is 30.8. The Kier molecular flexibility index (Phi) is 8.60. The molecular weight excluding hydrogens is 550 g/mol. The lowest BCUT2D eigenvalue weighted by Crippen LogP contribution is -2.12. The maximum absolute atomic E-state index is 6.50. The summed E-state index contributed by atoms with van der Waals surface area (Å²) in [4.78, 5) is 0. The summed E-state index contributed by atoms with van der Waals surface area (Å²) in [5, 5.41) is 3.47. The lowest BCUT2D eigenvalue weighted by Gasteiger charge is -2.24. The van der Waals surface area contributed by atoms with Gasteiger partial charge in [0, 0.05) is 33.8 Å². The van der Waals surface area contributed by atoms with E-state index in [1.807, 2.05) is 33.8 Å². The molecule has 0 N–H and O–H groups in total. The molecule has 0 bridgehead atoms. The van der Waals surface area contributed by atoms with Crippen molar-refractivity contribution in [1.29, 1.82) is 0 Å². The third-order valence-electron chi connectivity index (χ3n) is 8.06. The van der Waals surface area contributed by atoms with E-state index in [0.29, 0.717) is 39.0 Å². The van der Waals surface area contributed by atoms with Gasteiger partial charge >= 0.3 is 0 Å².